The Morgan fingerprint density at radius 2 is 1.93 bits per heavy atom. The van der Waals surface area contributed by atoms with Crippen LogP contribution in [0, 0.1) is 5.82 Å². The average molecular weight is 393 g/mol. The largest absolute Gasteiger partial charge is 0.351 e. The highest BCUT2D eigenvalue weighted by molar-refractivity contribution is 7.80. The van der Waals surface area contributed by atoms with Gasteiger partial charge in [-0.05, 0) is 62.5 Å². The van der Waals surface area contributed by atoms with E-state index in [1.807, 2.05) is 4.90 Å². The predicted molar refractivity (Wildman–Crippen MR) is 106 cm³/mol. The second-order valence-corrected chi connectivity index (χ2v) is 7.41. The van der Waals surface area contributed by atoms with Gasteiger partial charge in [-0.3, -0.25) is 9.59 Å². The Hall–Kier alpha value is -2.22. The Labute approximate surface area is 164 Å². The molecule has 1 atom stereocenters. The van der Waals surface area contributed by atoms with Crippen molar-refractivity contribution >= 4 is 34.8 Å². The smallest absolute Gasteiger partial charge is 0.245 e. The van der Waals surface area contributed by atoms with Crippen LogP contribution in [0.15, 0.2) is 24.3 Å². The molecule has 2 fully saturated rings. The number of anilines is 1. The van der Waals surface area contributed by atoms with Crippen LogP contribution in [-0.2, 0) is 9.59 Å². The number of carbonyl (C=O) groups excluding carboxylic acids is 2. The lowest BCUT2D eigenvalue weighted by Crippen LogP contribution is -2.51. The van der Waals surface area contributed by atoms with Crippen molar-refractivity contribution in [3.05, 3.63) is 30.1 Å². The predicted octanol–water partition coefficient (Wildman–Crippen LogP) is 2.12. The molecule has 27 heavy (non-hydrogen) atoms. The molecule has 2 aliphatic rings. The number of likely N-dealkylation sites (tertiary alicyclic amines) is 2. The van der Waals surface area contributed by atoms with Crippen LogP contribution in [0.2, 0.25) is 0 Å². The van der Waals surface area contributed by atoms with E-state index in [0.717, 1.165) is 38.8 Å². The molecule has 2 saturated heterocycles. The molecule has 2 aliphatic heterocycles. The van der Waals surface area contributed by atoms with Crippen LogP contribution in [0.4, 0.5) is 10.1 Å². The minimum atomic E-state index is -0.479. The Bertz CT molecular complexity index is 709. The second-order valence-electron chi connectivity index (χ2n) is 7.00. The zero-order valence-electron chi connectivity index (χ0n) is 15.2. The van der Waals surface area contributed by atoms with E-state index in [1.54, 1.807) is 17.0 Å². The first-order valence-electron chi connectivity index (χ1n) is 9.42. The third kappa shape index (κ3) is 5.38. The van der Waals surface area contributed by atoms with E-state index in [-0.39, 0.29) is 29.3 Å². The number of halogens is 1. The average Bonchev–Trinajstić information content (AvgIpc) is 3.12. The summed E-state index contributed by atoms with van der Waals surface area (Å²) in [4.78, 5) is 28.8. The normalized spacial score (nSPS) is 20.3. The summed E-state index contributed by atoms with van der Waals surface area (Å²) in [6.45, 7) is 2.27. The van der Waals surface area contributed by atoms with Gasteiger partial charge < -0.3 is 20.4 Å². The molecule has 6 nitrogen and oxygen atoms in total. The summed E-state index contributed by atoms with van der Waals surface area (Å²) < 4.78 is 13.3. The summed E-state index contributed by atoms with van der Waals surface area (Å²) in [5, 5.41) is 6.21. The van der Waals surface area contributed by atoms with Gasteiger partial charge in [-0.1, -0.05) is 6.07 Å². The summed E-state index contributed by atoms with van der Waals surface area (Å²) in [6.07, 6.45) is 4.45. The summed E-state index contributed by atoms with van der Waals surface area (Å²) in [5.41, 5.74) is 0.523. The van der Waals surface area contributed by atoms with Crippen molar-refractivity contribution in [2.75, 3.05) is 31.5 Å². The first-order valence-corrected chi connectivity index (χ1v) is 9.83. The third-order valence-corrected chi connectivity index (χ3v) is 5.17. The Kier molecular flexibility index (Phi) is 6.60. The lowest BCUT2D eigenvalue weighted by molar-refractivity contribution is -0.140. The lowest BCUT2D eigenvalue weighted by atomic mass is 10.1. The van der Waals surface area contributed by atoms with E-state index >= 15 is 0 Å². The summed E-state index contributed by atoms with van der Waals surface area (Å²) in [7, 11) is 0. The van der Waals surface area contributed by atoms with E-state index in [0.29, 0.717) is 18.7 Å². The minimum Gasteiger partial charge on any atom is -0.351 e. The minimum absolute atomic E-state index is 0.0157. The number of nitrogens with one attached hydrogen (secondary N) is 2. The van der Waals surface area contributed by atoms with Crippen molar-refractivity contribution < 1.29 is 14.0 Å². The van der Waals surface area contributed by atoms with Crippen LogP contribution in [0.1, 0.15) is 32.1 Å². The van der Waals surface area contributed by atoms with Crippen LogP contribution in [0.3, 0.4) is 0 Å². The highest BCUT2D eigenvalue weighted by Crippen LogP contribution is 2.15. The van der Waals surface area contributed by atoms with Gasteiger partial charge in [0.05, 0.1) is 6.54 Å². The Morgan fingerprint density at radius 1 is 1.19 bits per heavy atom. The molecule has 0 aromatic heterocycles. The van der Waals surface area contributed by atoms with Crippen LogP contribution in [0.5, 0.6) is 0 Å². The van der Waals surface area contributed by atoms with Crippen molar-refractivity contribution in [3.8, 4) is 0 Å². The monoisotopic (exact) mass is 392 g/mol. The molecule has 2 N–H and O–H groups in total. The number of hydrogen-bond acceptors (Lipinski definition) is 3. The number of hydrogen-bond donors (Lipinski definition) is 2. The van der Waals surface area contributed by atoms with Gasteiger partial charge in [0.25, 0.3) is 0 Å². The SMILES string of the molecule is O=C(CN1CCCC[C@H](NC(=S)Nc2cccc(F)c2)C1=O)N1CCCC1. The Morgan fingerprint density at radius 3 is 2.67 bits per heavy atom. The maximum absolute atomic E-state index is 13.3. The highest BCUT2D eigenvalue weighted by Gasteiger charge is 2.30. The van der Waals surface area contributed by atoms with Gasteiger partial charge in [0, 0.05) is 25.3 Å². The zero-order valence-corrected chi connectivity index (χ0v) is 16.1. The quantitative estimate of drug-likeness (QED) is 0.769. The molecule has 0 bridgehead atoms. The van der Waals surface area contributed by atoms with Crippen LogP contribution < -0.4 is 10.6 Å². The molecule has 0 saturated carbocycles. The second kappa shape index (κ2) is 9.12. The fourth-order valence-corrected chi connectivity index (χ4v) is 3.78. The molecular weight excluding hydrogens is 367 g/mol. The summed E-state index contributed by atoms with van der Waals surface area (Å²) in [6, 6.07) is 5.50. The highest BCUT2D eigenvalue weighted by atomic mass is 32.1. The molecule has 2 heterocycles. The lowest BCUT2D eigenvalue weighted by Gasteiger charge is -2.27. The molecule has 8 heteroatoms. The zero-order chi connectivity index (χ0) is 19.2. The first kappa shape index (κ1) is 19.5. The molecule has 0 unspecified atom stereocenters. The van der Waals surface area contributed by atoms with Crippen LogP contribution in [-0.4, -0.2) is 58.9 Å². The Balaban J connectivity index is 1.57. The molecule has 146 valence electrons. The fraction of sp³-hybridized carbons (Fsp3) is 0.526. The molecular formula is C19H25FN4O2S. The van der Waals surface area contributed by atoms with E-state index in [2.05, 4.69) is 10.6 Å². The van der Waals surface area contributed by atoms with E-state index < -0.39 is 6.04 Å². The molecule has 1 aromatic rings. The van der Waals surface area contributed by atoms with Gasteiger partial charge in [-0.2, -0.15) is 0 Å². The molecule has 0 aliphatic carbocycles. The fourth-order valence-electron chi connectivity index (χ4n) is 3.52. The molecule has 0 spiro atoms. The van der Waals surface area contributed by atoms with Crippen molar-refractivity contribution in [1.82, 2.24) is 15.1 Å². The van der Waals surface area contributed by atoms with Crippen molar-refractivity contribution in [2.24, 2.45) is 0 Å². The van der Waals surface area contributed by atoms with Gasteiger partial charge >= 0.3 is 0 Å². The number of amides is 2. The van der Waals surface area contributed by atoms with Crippen molar-refractivity contribution in [2.45, 2.75) is 38.1 Å². The van der Waals surface area contributed by atoms with Crippen LogP contribution in [0.25, 0.3) is 0 Å². The van der Waals surface area contributed by atoms with Gasteiger partial charge in [-0.15, -0.1) is 0 Å². The van der Waals surface area contributed by atoms with Crippen molar-refractivity contribution in [1.29, 1.82) is 0 Å². The number of rotatable bonds is 4. The molecule has 2 amide bonds. The van der Waals surface area contributed by atoms with Crippen LogP contribution >= 0.6 is 12.2 Å². The van der Waals surface area contributed by atoms with E-state index in [9.17, 15) is 14.0 Å². The number of nitrogens with zero attached hydrogens (tertiary/aromatic N) is 2. The number of carbonyl (C=O) groups is 2. The van der Waals surface area contributed by atoms with Gasteiger partial charge in [0.15, 0.2) is 5.11 Å². The maximum atomic E-state index is 13.3. The number of benzene rings is 1. The topological polar surface area (TPSA) is 64.7 Å². The van der Waals surface area contributed by atoms with Gasteiger partial charge in [-0.25, -0.2) is 4.39 Å². The molecule has 3 rings (SSSR count). The molecule has 1 aromatic carbocycles. The summed E-state index contributed by atoms with van der Waals surface area (Å²) in [5.74, 6) is -0.453. The standard InChI is InChI=1S/C19H25FN4O2S/c20-14-6-5-7-15(12-14)21-19(27)22-16-8-1-2-11-24(18(16)26)13-17(25)23-9-3-4-10-23/h5-7,12,16H,1-4,8-11,13H2,(H2,21,22,27)/t16-/m0/s1. The molecule has 0 radical (unpaired) electrons. The van der Waals surface area contributed by atoms with E-state index in [1.165, 1.54) is 12.1 Å². The summed E-state index contributed by atoms with van der Waals surface area (Å²) >= 11 is 5.28. The number of thiocarbonyl (C=S) groups is 1. The third-order valence-electron chi connectivity index (χ3n) is 4.95. The maximum Gasteiger partial charge on any atom is 0.245 e. The van der Waals surface area contributed by atoms with Gasteiger partial charge in [0.1, 0.15) is 11.9 Å². The van der Waals surface area contributed by atoms with Gasteiger partial charge in [0.2, 0.25) is 11.8 Å². The first-order chi connectivity index (χ1) is 13.0. The van der Waals surface area contributed by atoms with Crippen molar-refractivity contribution in [3.63, 3.8) is 0 Å². The van der Waals surface area contributed by atoms with E-state index in [4.69, 9.17) is 12.2 Å².